The molecule has 41 heavy (non-hydrogen) atoms. The first-order valence-electron chi connectivity index (χ1n) is 12.7. The number of aryl methyl sites for hydroxylation is 2. The average molecular weight is 683 g/mol. The molecule has 210 valence electrons. The smallest absolute Gasteiger partial charge is 0.283 e. The SMILES string of the molecule is COc1cc(/C=C2/C(=N)N3N=C(COc4ccccc4)SC3=NC2=O)cc(I)c1OCCOc1ccc(C)c(C)c1. The van der Waals surface area contributed by atoms with Gasteiger partial charge in [-0.25, -0.2) is 0 Å². The summed E-state index contributed by atoms with van der Waals surface area (Å²) in [6, 6.07) is 19.0. The average Bonchev–Trinajstić information content (AvgIpc) is 3.38. The Morgan fingerprint density at radius 1 is 0.976 bits per heavy atom. The molecule has 1 N–H and O–H groups in total. The van der Waals surface area contributed by atoms with E-state index in [1.165, 1.54) is 27.9 Å². The van der Waals surface area contributed by atoms with Crippen LogP contribution >= 0.6 is 34.4 Å². The molecule has 0 saturated heterocycles. The van der Waals surface area contributed by atoms with Crippen molar-refractivity contribution in [2.75, 3.05) is 26.9 Å². The monoisotopic (exact) mass is 682 g/mol. The molecule has 2 aliphatic heterocycles. The third-order valence-electron chi connectivity index (χ3n) is 6.24. The van der Waals surface area contributed by atoms with Gasteiger partial charge in [0.25, 0.3) is 5.91 Å². The van der Waals surface area contributed by atoms with Crippen molar-refractivity contribution in [3.8, 4) is 23.0 Å². The molecule has 0 radical (unpaired) electrons. The van der Waals surface area contributed by atoms with Gasteiger partial charge in [0.15, 0.2) is 17.3 Å². The van der Waals surface area contributed by atoms with E-state index in [2.05, 4.69) is 39.6 Å². The lowest BCUT2D eigenvalue weighted by atomic mass is 10.1. The summed E-state index contributed by atoms with van der Waals surface area (Å²) < 4.78 is 24.0. The van der Waals surface area contributed by atoms with Crippen molar-refractivity contribution in [2.45, 2.75) is 13.8 Å². The van der Waals surface area contributed by atoms with Gasteiger partial charge in [0, 0.05) is 0 Å². The lowest BCUT2D eigenvalue weighted by Crippen LogP contribution is -2.35. The van der Waals surface area contributed by atoms with Crippen LogP contribution in [0.1, 0.15) is 16.7 Å². The van der Waals surface area contributed by atoms with E-state index in [9.17, 15) is 4.79 Å². The van der Waals surface area contributed by atoms with Gasteiger partial charge in [-0.15, -0.1) is 0 Å². The maximum Gasteiger partial charge on any atom is 0.283 e. The minimum absolute atomic E-state index is 0.0556. The number of hydrogen-bond acceptors (Lipinski definition) is 8. The fraction of sp³-hybridized carbons (Fsp3) is 0.200. The number of carbonyl (C=O) groups is 1. The molecule has 3 aromatic carbocycles. The van der Waals surface area contributed by atoms with Crippen LogP contribution in [0.25, 0.3) is 6.08 Å². The number of nitrogens with zero attached hydrogens (tertiary/aromatic N) is 3. The van der Waals surface area contributed by atoms with Crippen LogP contribution in [0.3, 0.4) is 0 Å². The Morgan fingerprint density at radius 3 is 2.51 bits per heavy atom. The quantitative estimate of drug-likeness (QED) is 0.157. The topological polar surface area (TPSA) is 106 Å². The number of methoxy groups -OCH3 is 1. The highest BCUT2D eigenvalue weighted by Crippen LogP contribution is 2.35. The fourth-order valence-corrected chi connectivity index (χ4v) is 5.57. The minimum Gasteiger partial charge on any atom is -0.493 e. The standard InChI is InChI=1S/C30H27IN4O5S/c1-18-9-10-22(13-19(18)2)38-11-12-39-27-24(31)15-20(16-25(27)37-3)14-23-28(32)35-30(33-29(23)36)41-26(34-35)17-40-21-7-5-4-6-8-21/h4-10,13-16,32H,11-12,17H2,1-3H3/b23-14-,32-28?. The van der Waals surface area contributed by atoms with E-state index in [0.717, 1.165) is 9.32 Å². The summed E-state index contributed by atoms with van der Waals surface area (Å²) >= 11 is 3.37. The van der Waals surface area contributed by atoms with E-state index < -0.39 is 5.91 Å². The van der Waals surface area contributed by atoms with Gasteiger partial charge >= 0.3 is 0 Å². The van der Waals surface area contributed by atoms with Crippen molar-refractivity contribution < 1.29 is 23.7 Å². The fourth-order valence-electron chi connectivity index (χ4n) is 3.99. The highest BCUT2D eigenvalue weighted by Gasteiger charge is 2.35. The number of rotatable bonds is 10. The van der Waals surface area contributed by atoms with Crippen molar-refractivity contribution in [3.05, 3.63) is 86.5 Å². The van der Waals surface area contributed by atoms with Gasteiger partial charge in [-0.3, -0.25) is 10.2 Å². The molecule has 9 nitrogen and oxygen atoms in total. The van der Waals surface area contributed by atoms with Crippen molar-refractivity contribution >= 4 is 62.4 Å². The Kier molecular flexibility index (Phi) is 8.93. The zero-order valence-corrected chi connectivity index (χ0v) is 25.6. The molecule has 11 heteroatoms. The third kappa shape index (κ3) is 6.73. The normalized spacial score (nSPS) is 15.4. The number of amides is 1. The number of thioether (sulfide) groups is 1. The van der Waals surface area contributed by atoms with Gasteiger partial charge in [-0.1, -0.05) is 24.3 Å². The second-order valence-corrected chi connectivity index (χ2v) is 11.3. The molecule has 1 amide bonds. The predicted octanol–water partition coefficient (Wildman–Crippen LogP) is 6.07. The van der Waals surface area contributed by atoms with Gasteiger partial charge in [0.2, 0.25) is 5.17 Å². The van der Waals surface area contributed by atoms with Crippen LogP contribution < -0.4 is 18.9 Å². The molecule has 0 saturated carbocycles. The van der Waals surface area contributed by atoms with Gasteiger partial charge in [-0.05, 0) is 107 Å². The zero-order chi connectivity index (χ0) is 28.9. The number of para-hydroxylation sites is 1. The van der Waals surface area contributed by atoms with E-state index in [0.29, 0.717) is 46.2 Å². The molecule has 0 unspecified atom stereocenters. The van der Waals surface area contributed by atoms with Gasteiger partial charge < -0.3 is 18.9 Å². The van der Waals surface area contributed by atoms with Gasteiger partial charge in [0.05, 0.1) is 16.3 Å². The number of hydrogen-bond donors (Lipinski definition) is 1. The molecule has 5 rings (SSSR count). The van der Waals surface area contributed by atoms with Crippen molar-refractivity contribution in [3.63, 3.8) is 0 Å². The first-order valence-corrected chi connectivity index (χ1v) is 14.6. The maximum absolute atomic E-state index is 12.9. The van der Waals surface area contributed by atoms with Crippen LogP contribution in [-0.4, -0.2) is 53.9 Å². The Bertz CT molecular complexity index is 1590. The molecule has 3 aromatic rings. The largest absolute Gasteiger partial charge is 0.493 e. The van der Waals surface area contributed by atoms with E-state index in [4.69, 9.17) is 24.4 Å². The Hall–Kier alpha value is -3.84. The number of hydrazone groups is 1. The first-order chi connectivity index (χ1) is 19.8. The number of amidine groups is 2. The molecular weight excluding hydrogens is 655 g/mol. The number of benzene rings is 3. The molecule has 0 aliphatic carbocycles. The van der Waals surface area contributed by atoms with Crippen molar-refractivity contribution in [2.24, 2.45) is 10.1 Å². The Labute approximate surface area is 255 Å². The number of aliphatic imine (C=N–C) groups is 1. The summed E-state index contributed by atoms with van der Waals surface area (Å²) in [7, 11) is 1.56. The number of fused-ring (bicyclic) bond motifs is 1. The summed E-state index contributed by atoms with van der Waals surface area (Å²) in [6.07, 6.45) is 1.61. The number of ether oxygens (including phenoxy) is 4. The third-order valence-corrected chi connectivity index (χ3v) is 7.92. The summed E-state index contributed by atoms with van der Waals surface area (Å²) in [4.78, 5) is 17.0. The first kappa shape index (κ1) is 28.7. The van der Waals surface area contributed by atoms with Gasteiger partial charge in [0.1, 0.15) is 36.4 Å². The van der Waals surface area contributed by atoms with Crippen LogP contribution in [-0.2, 0) is 4.79 Å². The van der Waals surface area contributed by atoms with Crippen molar-refractivity contribution in [1.29, 1.82) is 5.41 Å². The van der Waals surface area contributed by atoms with E-state index >= 15 is 0 Å². The lowest BCUT2D eigenvalue weighted by molar-refractivity contribution is -0.114. The summed E-state index contributed by atoms with van der Waals surface area (Å²) in [5, 5.41) is 15.4. The lowest BCUT2D eigenvalue weighted by Gasteiger charge is -2.20. The van der Waals surface area contributed by atoms with E-state index in [-0.39, 0.29) is 18.0 Å². The second kappa shape index (κ2) is 12.8. The molecule has 0 fully saturated rings. The van der Waals surface area contributed by atoms with Crippen LogP contribution in [0.5, 0.6) is 23.0 Å². The molecule has 2 aliphatic rings. The second-order valence-electron chi connectivity index (χ2n) is 9.09. The van der Waals surface area contributed by atoms with E-state index in [1.807, 2.05) is 61.5 Å². The highest BCUT2D eigenvalue weighted by atomic mass is 127. The van der Waals surface area contributed by atoms with Crippen LogP contribution in [0.15, 0.2) is 76.3 Å². The Balaban J connectivity index is 1.26. The number of halogens is 1. The summed E-state index contributed by atoms with van der Waals surface area (Å²) in [6.45, 7) is 5.00. The molecule has 2 heterocycles. The van der Waals surface area contributed by atoms with Crippen LogP contribution in [0, 0.1) is 22.8 Å². The maximum atomic E-state index is 12.9. The minimum atomic E-state index is -0.507. The van der Waals surface area contributed by atoms with Crippen LogP contribution in [0.2, 0.25) is 0 Å². The molecule has 0 atom stereocenters. The molecular formula is C30H27IN4O5S. The zero-order valence-electron chi connectivity index (χ0n) is 22.6. The Morgan fingerprint density at radius 2 is 1.76 bits per heavy atom. The van der Waals surface area contributed by atoms with Gasteiger partial charge in [-0.2, -0.15) is 15.1 Å². The number of nitrogens with one attached hydrogen (secondary N) is 1. The molecule has 0 bridgehead atoms. The molecule has 0 aromatic heterocycles. The highest BCUT2D eigenvalue weighted by molar-refractivity contribution is 14.1. The molecule has 0 spiro atoms. The number of carbonyl (C=O) groups excluding carboxylic acids is 1. The van der Waals surface area contributed by atoms with E-state index in [1.54, 1.807) is 19.3 Å². The predicted molar refractivity (Wildman–Crippen MR) is 170 cm³/mol. The van der Waals surface area contributed by atoms with Crippen molar-refractivity contribution in [1.82, 2.24) is 5.01 Å². The summed E-state index contributed by atoms with van der Waals surface area (Å²) in [5.41, 5.74) is 3.17. The summed E-state index contributed by atoms with van der Waals surface area (Å²) in [5.74, 6) is 2.02. The van der Waals surface area contributed by atoms with Crippen LogP contribution in [0.4, 0.5) is 0 Å².